The molecule has 2 aromatic heterocycles. The van der Waals surface area contributed by atoms with E-state index in [0.29, 0.717) is 22.9 Å². The zero-order valence-corrected chi connectivity index (χ0v) is 17.0. The maximum atomic E-state index is 13.2. The van der Waals surface area contributed by atoms with Gasteiger partial charge < -0.3 is 14.8 Å². The van der Waals surface area contributed by atoms with Gasteiger partial charge in [0.1, 0.15) is 24.0 Å². The molecule has 0 aliphatic carbocycles. The summed E-state index contributed by atoms with van der Waals surface area (Å²) in [6, 6.07) is 14.7. The highest BCUT2D eigenvalue weighted by Crippen LogP contribution is 2.19. The molecule has 2 heterocycles. The van der Waals surface area contributed by atoms with E-state index in [2.05, 4.69) is 20.6 Å². The molecule has 4 aromatic rings. The number of amides is 1. The minimum Gasteiger partial charge on any atom is -0.481 e. The number of nitrogens with one attached hydrogen (secondary N) is 1. The van der Waals surface area contributed by atoms with Crippen molar-refractivity contribution in [3.63, 3.8) is 0 Å². The smallest absolute Gasteiger partial charge is 0.260 e. The number of rotatable bonds is 8. The van der Waals surface area contributed by atoms with Crippen molar-refractivity contribution in [2.45, 2.75) is 13.0 Å². The third-order valence-corrected chi connectivity index (χ3v) is 4.47. The number of carbonyl (C=O) groups is 1. The summed E-state index contributed by atoms with van der Waals surface area (Å²) in [4.78, 5) is 12.2. The lowest BCUT2D eigenvalue weighted by atomic mass is 10.2. The normalized spacial score (nSPS) is 11.8. The number of ether oxygens (including phenoxy) is 2. The summed E-state index contributed by atoms with van der Waals surface area (Å²) < 4.78 is 38.9. The van der Waals surface area contributed by atoms with E-state index in [1.54, 1.807) is 37.3 Å². The molecule has 1 amide bonds. The lowest BCUT2D eigenvalue weighted by molar-refractivity contribution is -0.127. The maximum absolute atomic E-state index is 13.2. The number of benzene rings is 2. The number of hydrogen-bond donors (Lipinski definition) is 1. The first kappa shape index (κ1) is 21.2. The monoisotopic (exact) mass is 439 g/mol. The van der Waals surface area contributed by atoms with E-state index in [9.17, 15) is 13.6 Å². The van der Waals surface area contributed by atoms with Crippen molar-refractivity contribution in [3.05, 3.63) is 72.3 Å². The SMILES string of the molecule is C[C@H](Oc1cccc(F)c1)C(=O)NCCOc1ccc2nnc(-c3ccc(F)cc3)n2n1. The highest BCUT2D eigenvalue weighted by atomic mass is 19.1. The Balaban J connectivity index is 1.32. The predicted molar refractivity (Wildman–Crippen MR) is 111 cm³/mol. The molecular formula is C22H19F2N5O3. The van der Waals surface area contributed by atoms with Crippen LogP contribution in [0.2, 0.25) is 0 Å². The van der Waals surface area contributed by atoms with Crippen LogP contribution in [-0.2, 0) is 4.79 Å². The summed E-state index contributed by atoms with van der Waals surface area (Å²) in [5.74, 6) is -0.132. The summed E-state index contributed by atoms with van der Waals surface area (Å²) in [5.41, 5.74) is 1.16. The zero-order valence-electron chi connectivity index (χ0n) is 17.0. The average Bonchev–Trinajstić information content (AvgIpc) is 3.20. The van der Waals surface area contributed by atoms with Crippen molar-refractivity contribution in [2.24, 2.45) is 0 Å². The Hall–Kier alpha value is -4.08. The molecule has 4 rings (SSSR count). The highest BCUT2D eigenvalue weighted by Gasteiger charge is 2.15. The van der Waals surface area contributed by atoms with Gasteiger partial charge in [-0.1, -0.05) is 6.07 Å². The van der Waals surface area contributed by atoms with E-state index in [4.69, 9.17) is 9.47 Å². The van der Waals surface area contributed by atoms with Crippen LogP contribution in [0.1, 0.15) is 6.92 Å². The van der Waals surface area contributed by atoms with E-state index in [1.165, 1.54) is 34.8 Å². The van der Waals surface area contributed by atoms with Crippen molar-refractivity contribution in [2.75, 3.05) is 13.2 Å². The van der Waals surface area contributed by atoms with Gasteiger partial charge in [-0.25, -0.2) is 8.78 Å². The lowest BCUT2D eigenvalue weighted by Gasteiger charge is -2.15. The molecule has 0 radical (unpaired) electrons. The Morgan fingerprint density at radius 1 is 1.06 bits per heavy atom. The van der Waals surface area contributed by atoms with Gasteiger partial charge in [-0.05, 0) is 49.4 Å². The molecule has 0 fully saturated rings. The van der Waals surface area contributed by atoms with Gasteiger partial charge >= 0.3 is 0 Å². The lowest BCUT2D eigenvalue weighted by Crippen LogP contribution is -2.38. The summed E-state index contributed by atoms with van der Waals surface area (Å²) >= 11 is 0. The fourth-order valence-electron chi connectivity index (χ4n) is 2.90. The molecule has 8 nitrogen and oxygen atoms in total. The second kappa shape index (κ2) is 9.38. The molecule has 0 aliphatic rings. The second-order valence-electron chi connectivity index (χ2n) is 6.83. The number of nitrogens with zero attached hydrogens (tertiary/aromatic N) is 4. The van der Waals surface area contributed by atoms with Crippen molar-refractivity contribution in [1.82, 2.24) is 25.1 Å². The Labute approximate surface area is 181 Å². The molecule has 32 heavy (non-hydrogen) atoms. The summed E-state index contributed by atoms with van der Waals surface area (Å²) in [5, 5.41) is 15.2. The van der Waals surface area contributed by atoms with Gasteiger partial charge in [0.15, 0.2) is 17.6 Å². The fourth-order valence-corrected chi connectivity index (χ4v) is 2.90. The molecular weight excluding hydrogens is 420 g/mol. The van der Waals surface area contributed by atoms with Crippen LogP contribution in [0.5, 0.6) is 11.6 Å². The average molecular weight is 439 g/mol. The van der Waals surface area contributed by atoms with Crippen LogP contribution < -0.4 is 14.8 Å². The predicted octanol–water partition coefficient (Wildman–Crippen LogP) is 3.03. The van der Waals surface area contributed by atoms with Crippen LogP contribution >= 0.6 is 0 Å². The quantitative estimate of drug-likeness (QED) is 0.425. The standard InChI is InChI=1S/C22H19F2N5O3/c1-14(32-18-4-2-3-17(24)13-18)22(30)25-11-12-31-20-10-9-19-26-27-21(29(19)28-20)15-5-7-16(23)8-6-15/h2-10,13-14H,11-12H2,1H3,(H,25,30)/t14-/m0/s1. The molecule has 0 unspecified atom stereocenters. The van der Waals surface area contributed by atoms with Gasteiger partial charge in [0.25, 0.3) is 5.91 Å². The molecule has 0 bridgehead atoms. The van der Waals surface area contributed by atoms with E-state index < -0.39 is 11.9 Å². The fraction of sp³-hybridized carbons (Fsp3) is 0.182. The van der Waals surface area contributed by atoms with Gasteiger partial charge in [0.2, 0.25) is 5.88 Å². The summed E-state index contributed by atoms with van der Waals surface area (Å²) in [7, 11) is 0. The topological polar surface area (TPSA) is 90.6 Å². The molecule has 164 valence electrons. The number of fused-ring (bicyclic) bond motifs is 1. The van der Waals surface area contributed by atoms with E-state index in [1.807, 2.05) is 0 Å². The molecule has 1 N–H and O–H groups in total. The molecule has 0 aliphatic heterocycles. The van der Waals surface area contributed by atoms with E-state index >= 15 is 0 Å². The van der Waals surface area contributed by atoms with Crippen LogP contribution in [-0.4, -0.2) is 45.0 Å². The molecule has 0 saturated heterocycles. The van der Waals surface area contributed by atoms with Gasteiger partial charge in [-0.3, -0.25) is 4.79 Å². The minimum absolute atomic E-state index is 0.158. The zero-order chi connectivity index (χ0) is 22.5. The van der Waals surface area contributed by atoms with Crippen LogP contribution in [0.3, 0.4) is 0 Å². The largest absolute Gasteiger partial charge is 0.481 e. The minimum atomic E-state index is -0.804. The van der Waals surface area contributed by atoms with Gasteiger partial charge in [0, 0.05) is 17.7 Å². The molecule has 0 spiro atoms. The van der Waals surface area contributed by atoms with Crippen LogP contribution in [0.25, 0.3) is 17.0 Å². The molecule has 2 aromatic carbocycles. The van der Waals surface area contributed by atoms with Crippen molar-refractivity contribution in [1.29, 1.82) is 0 Å². The first-order chi connectivity index (χ1) is 15.5. The molecule has 0 saturated carbocycles. The van der Waals surface area contributed by atoms with E-state index in [-0.39, 0.29) is 30.6 Å². The second-order valence-corrected chi connectivity index (χ2v) is 6.83. The third kappa shape index (κ3) is 4.97. The first-order valence-corrected chi connectivity index (χ1v) is 9.81. The Morgan fingerprint density at radius 3 is 2.66 bits per heavy atom. The van der Waals surface area contributed by atoms with E-state index in [0.717, 1.165) is 0 Å². The van der Waals surface area contributed by atoms with Crippen molar-refractivity contribution >= 4 is 11.6 Å². The Bertz CT molecular complexity index is 1230. The van der Waals surface area contributed by atoms with Crippen molar-refractivity contribution < 1.29 is 23.0 Å². The van der Waals surface area contributed by atoms with Crippen LogP contribution in [0.4, 0.5) is 8.78 Å². The molecule has 1 atom stereocenters. The van der Waals surface area contributed by atoms with Gasteiger partial charge in [-0.2, -0.15) is 4.52 Å². The number of halogens is 2. The third-order valence-electron chi connectivity index (χ3n) is 4.47. The number of aromatic nitrogens is 4. The van der Waals surface area contributed by atoms with Crippen LogP contribution in [0.15, 0.2) is 60.7 Å². The van der Waals surface area contributed by atoms with Crippen LogP contribution in [0, 0.1) is 11.6 Å². The summed E-state index contributed by atoms with van der Waals surface area (Å²) in [6.45, 7) is 1.94. The van der Waals surface area contributed by atoms with Gasteiger partial charge in [-0.15, -0.1) is 15.3 Å². The number of carbonyl (C=O) groups excluding carboxylic acids is 1. The maximum Gasteiger partial charge on any atom is 0.260 e. The summed E-state index contributed by atoms with van der Waals surface area (Å²) in [6.07, 6.45) is -0.804. The Morgan fingerprint density at radius 2 is 1.88 bits per heavy atom. The number of hydrogen-bond acceptors (Lipinski definition) is 6. The highest BCUT2D eigenvalue weighted by molar-refractivity contribution is 5.80. The first-order valence-electron chi connectivity index (χ1n) is 9.81. The Kier molecular flexibility index (Phi) is 6.20. The molecule has 10 heteroatoms. The van der Waals surface area contributed by atoms with Gasteiger partial charge in [0.05, 0.1) is 6.54 Å². The van der Waals surface area contributed by atoms with Crippen molar-refractivity contribution in [3.8, 4) is 23.0 Å².